The Hall–Kier alpha value is -1.88. The molecule has 0 unspecified atom stereocenters. The molecular formula is C14H12BrFN2O. The second kappa shape index (κ2) is 5.40. The van der Waals surface area contributed by atoms with Crippen molar-refractivity contribution in [3.63, 3.8) is 0 Å². The molecule has 0 saturated heterocycles. The molecule has 0 aliphatic carbocycles. The Morgan fingerprint density at radius 2 is 1.95 bits per heavy atom. The lowest BCUT2D eigenvalue weighted by Crippen LogP contribution is -2.12. The van der Waals surface area contributed by atoms with Crippen LogP contribution in [0.15, 0.2) is 40.9 Å². The van der Waals surface area contributed by atoms with Crippen molar-refractivity contribution in [1.82, 2.24) is 0 Å². The lowest BCUT2D eigenvalue weighted by molar-refractivity contribution is 0.441. The number of hydrogen-bond donors (Lipinski definition) is 2. The third-order valence-corrected chi connectivity index (χ3v) is 3.03. The zero-order chi connectivity index (χ0) is 14.0. The van der Waals surface area contributed by atoms with E-state index in [9.17, 15) is 4.39 Å². The summed E-state index contributed by atoms with van der Waals surface area (Å²) in [6.07, 6.45) is 0. The molecule has 0 saturated carbocycles. The first-order valence-corrected chi connectivity index (χ1v) is 6.34. The number of halogens is 2. The largest absolute Gasteiger partial charge is 0.454 e. The van der Waals surface area contributed by atoms with E-state index in [2.05, 4.69) is 15.9 Å². The lowest BCUT2D eigenvalue weighted by atomic mass is 10.2. The minimum absolute atomic E-state index is 0.116. The van der Waals surface area contributed by atoms with Gasteiger partial charge < -0.3 is 10.5 Å². The standard InChI is InChI=1S/C14H12BrFN2O/c1-8-2-4-11(16)13(6-8)19-12-5-3-9(15)7-10(12)14(17)18/h2-7H,1H3,(H3,17,18). The van der Waals surface area contributed by atoms with Gasteiger partial charge in [0.2, 0.25) is 0 Å². The van der Waals surface area contributed by atoms with Gasteiger partial charge in [0.15, 0.2) is 11.6 Å². The van der Waals surface area contributed by atoms with Crippen LogP contribution in [0.1, 0.15) is 11.1 Å². The number of benzene rings is 2. The number of rotatable bonds is 3. The molecule has 2 aromatic carbocycles. The Labute approximate surface area is 118 Å². The Bertz CT molecular complexity index is 643. The van der Waals surface area contributed by atoms with Crippen LogP contribution in [0.4, 0.5) is 4.39 Å². The fraction of sp³-hybridized carbons (Fsp3) is 0.0714. The van der Waals surface area contributed by atoms with Gasteiger partial charge in [-0.25, -0.2) is 4.39 Å². The van der Waals surface area contributed by atoms with Crippen LogP contribution < -0.4 is 10.5 Å². The molecule has 0 atom stereocenters. The van der Waals surface area contributed by atoms with Gasteiger partial charge in [-0.2, -0.15) is 0 Å². The van der Waals surface area contributed by atoms with E-state index in [-0.39, 0.29) is 11.6 Å². The van der Waals surface area contributed by atoms with Gasteiger partial charge in [-0.05, 0) is 42.8 Å². The molecule has 0 aliphatic heterocycles. The Kier molecular flexibility index (Phi) is 3.85. The van der Waals surface area contributed by atoms with E-state index in [1.54, 1.807) is 30.3 Å². The van der Waals surface area contributed by atoms with E-state index in [4.69, 9.17) is 15.9 Å². The van der Waals surface area contributed by atoms with E-state index < -0.39 is 5.82 Å². The molecule has 0 aliphatic rings. The summed E-state index contributed by atoms with van der Waals surface area (Å²) in [5.41, 5.74) is 6.79. The molecule has 0 spiro atoms. The molecular weight excluding hydrogens is 311 g/mol. The second-order valence-corrected chi connectivity index (χ2v) is 5.01. The highest BCUT2D eigenvalue weighted by Crippen LogP contribution is 2.30. The van der Waals surface area contributed by atoms with Crippen molar-refractivity contribution in [1.29, 1.82) is 5.41 Å². The highest BCUT2D eigenvalue weighted by molar-refractivity contribution is 9.10. The normalized spacial score (nSPS) is 10.3. The number of nitrogen functional groups attached to an aromatic ring is 1. The first-order chi connectivity index (χ1) is 8.97. The number of aryl methyl sites for hydroxylation is 1. The van der Waals surface area contributed by atoms with Crippen LogP contribution in [0.25, 0.3) is 0 Å². The average molecular weight is 323 g/mol. The summed E-state index contributed by atoms with van der Waals surface area (Å²) in [4.78, 5) is 0. The third-order valence-electron chi connectivity index (χ3n) is 2.54. The van der Waals surface area contributed by atoms with Crippen LogP contribution in [0.5, 0.6) is 11.5 Å². The van der Waals surface area contributed by atoms with Gasteiger partial charge in [0.25, 0.3) is 0 Å². The van der Waals surface area contributed by atoms with Gasteiger partial charge >= 0.3 is 0 Å². The molecule has 0 amide bonds. The molecule has 0 bridgehead atoms. The third kappa shape index (κ3) is 3.12. The zero-order valence-electron chi connectivity index (χ0n) is 10.2. The fourth-order valence-electron chi connectivity index (χ4n) is 1.61. The summed E-state index contributed by atoms with van der Waals surface area (Å²) in [7, 11) is 0. The van der Waals surface area contributed by atoms with Crippen molar-refractivity contribution < 1.29 is 9.13 Å². The first kappa shape index (κ1) is 13.5. The quantitative estimate of drug-likeness (QED) is 0.663. The van der Waals surface area contributed by atoms with Crippen LogP contribution in [-0.4, -0.2) is 5.84 Å². The number of hydrogen-bond acceptors (Lipinski definition) is 2. The Morgan fingerprint density at radius 3 is 2.63 bits per heavy atom. The zero-order valence-corrected chi connectivity index (χ0v) is 11.8. The molecule has 0 radical (unpaired) electrons. The van der Waals surface area contributed by atoms with Gasteiger partial charge in [0, 0.05) is 4.47 Å². The fourth-order valence-corrected chi connectivity index (χ4v) is 1.97. The summed E-state index contributed by atoms with van der Waals surface area (Å²) in [5.74, 6) is -0.127. The smallest absolute Gasteiger partial charge is 0.165 e. The molecule has 3 N–H and O–H groups in total. The van der Waals surface area contributed by atoms with E-state index in [0.717, 1.165) is 10.0 Å². The maximum absolute atomic E-state index is 13.6. The van der Waals surface area contributed by atoms with E-state index >= 15 is 0 Å². The monoisotopic (exact) mass is 322 g/mol. The van der Waals surface area contributed by atoms with Gasteiger partial charge in [0.05, 0.1) is 5.56 Å². The van der Waals surface area contributed by atoms with Crippen LogP contribution in [0, 0.1) is 18.2 Å². The van der Waals surface area contributed by atoms with Crippen molar-refractivity contribution in [3.05, 3.63) is 57.8 Å². The number of nitrogens with one attached hydrogen (secondary N) is 1. The van der Waals surface area contributed by atoms with Gasteiger partial charge in [0.1, 0.15) is 11.6 Å². The molecule has 2 aromatic rings. The number of nitrogens with two attached hydrogens (primary N) is 1. The van der Waals surface area contributed by atoms with Crippen molar-refractivity contribution in [2.75, 3.05) is 0 Å². The maximum Gasteiger partial charge on any atom is 0.165 e. The second-order valence-electron chi connectivity index (χ2n) is 4.09. The average Bonchev–Trinajstić information content (AvgIpc) is 2.35. The van der Waals surface area contributed by atoms with Crippen LogP contribution >= 0.6 is 15.9 Å². The van der Waals surface area contributed by atoms with Crippen molar-refractivity contribution in [3.8, 4) is 11.5 Å². The summed E-state index contributed by atoms with van der Waals surface area (Å²) < 4.78 is 19.9. The highest BCUT2D eigenvalue weighted by Gasteiger charge is 2.11. The van der Waals surface area contributed by atoms with Crippen molar-refractivity contribution in [2.24, 2.45) is 5.73 Å². The number of ether oxygens (including phenoxy) is 1. The molecule has 0 aromatic heterocycles. The Morgan fingerprint density at radius 1 is 1.21 bits per heavy atom. The summed E-state index contributed by atoms with van der Waals surface area (Å²) in [5, 5.41) is 7.52. The SMILES string of the molecule is Cc1ccc(F)c(Oc2ccc(Br)cc2C(=N)N)c1. The molecule has 5 heteroatoms. The van der Waals surface area contributed by atoms with E-state index in [0.29, 0.717) is 11.3 Å². The van der Waals surface area contributed by atoms with Gasteiger partial charge in [-0.1, -0.05) is 22.0 Å². The lowest BCUT2D eigenvalue weighted by Gasteiger charge is -2.11. The van der Waals surface area contributed by atoms with Gasteiger partial charge in [-0.3, -0.25) is 5.41 Å². The molecule has 0 heterocycles. The van der Waals surface area contributed by atoms with E-state index in [1.165, 1.54) is 6.07 Å². The van der Waals surface area contributed by atoms with Crippen LogP contribution in [-0.2, 0) is 0 Å². The summed E-state index contributed by atoms with van der Waals surface area (Å²) in [6.45, 7) is 1.85. The molecule has 2 rings (SSSR count). The number of amidine groups is 1. The van der Waals surface area contributed by atoms with Crippen LogP contribution in [0.3, 0.4) is 0 Å². The minimum atomic E-state index is -0.456. The molecule has 19 heavy (non-hydrogen) atoms. The summed E-state index contributed by atoms with van der Waals surface area (Å²) >= 11 is 3.29. The Balaban J connectivity index is 2.43. The molecule has 0 fully saturated rings. The highest BCUT2D eigenvalue weighted by atomic mass is 79.9. The maximum atomic E-state index is 13.6. The van der Waals surface area contributed by atoms with Gasteiger partial charge in [-0.15, -0.1) is 0 Å². The van der Waals surface area contributed by atoms with Crippen molar-refractivity contribution >= 4 is 21.8 Å². The predicted octanol–water partition coefficient (Wildman–Crippen LogP) is 3.97. The topological polar surface area (TPSA) is 59.1 Å². The van der Waals surface area contributed by atoms with E-state index in [1.807, 2.05) is 6.92 Å². The van der Waals surface area contributed by atoms with Crippen LogP contribution in [0.2, 0.25) is 0 Å². The predicted molar refractivity (Wildman–Crippen MR) is 76.4 cm³/mol. The summed E-state index contributed by atoms with van der Waals surface area (Å²) in [6, 6.07) is 9.65. The molecule has 98 valence electrons. The first-order valence-electron chi connectivity index (χ1n) is 5.55. The minimum Gasteiger partial charge on any atom is -0.454 e. The molecule has 3 nitrogen and oxygen atoms in total. The van der Waals surface area contributed by atoms with Crippen molar-refractivity contribution in [2.45, 2.75) is 6.92 Å².